The van der Waals surface area contributed by atoms with Gasteiger partial charge in [0.1, 0.15) is 5.75 Å². The monoisotopic (exact) mass is 399 g/mol. The first-order chi connectivity index (χ1) is 14.1. The fraction of sp³-hybridized carbons (Fsp3) is 0.333. The summed E-state index contributed by atoms with van der Waals surface area (Å²) in [5.74, 6) is 1.48. The highest BCUT2D eigenvalue weighted by Gasteiger charge is 2.18. The van der Waals surface area contributed by atoms with Gasteiger partial charge >= 0.3 is 0 Å². The van der Waals surface area contributed by atoms with Crippen molar-refractivity contribution >= 4 is 17.5 Å². The molecule has 29 heavy (non-hydrogen) atoms. The number of rotatable bonds is 9. The number of amides is 2. The van der Waals surface area contributed by atoms with E-state index >= 15 is 0 Å². The van der Waals surface area contributed by atoms with Crippen LogP contribution in [0.5, 0.6) is 17.2 Å². The number of hydrogen-bond acceptors (Lipinski definition) is 6. The van der Waals surface area contributed by atoms with Gasteiger partial charge in [0.05, 0.1) is 14.2 Å². The molecule has 1 aliphatic heterocycles. The van der Waals surface area contributed by atoms with Gasteiger partial charge in [0.25, 0.3) is 11.8 Å². The van der Waals surface area contributed by atoms with Gasteiger partial charge in [-0.2, -0.15) is 0 Å². The second-order valence-electron chi connectivity index (χ2n) is 6.67. The van der Waals surface area contributed by atoms with Gasteiger partial charge < -0.3 is 30.2 Å². The molecular formula is C21H25N3O5. The zero-order valence-corrected chi connectivity index (χ0v) is 16.5. The molecule has 0 radical (unpaired) electrons. The lowest BCUT2D eigenvalue weighted by atomic mass is 10.0. The summed E-state index contributed by atoms with van der Waals surface area (Å²) < 4.78 is 16.0. The highest BCUT2D eigenvalue weighted by Crippen LogP contribution is 2.28. The third-order valence-corrected chi connectivity index (χ3v) is 4.58. The molecule has 1 saturated heterocycles. The van der Waals surface area contributed by atoms with Crippen molar-refractivity contribution in [3.8, 4) is 17.2 Å². The van der Waals surface area contributed by atoms with E-state index in [1.165, 1.54) is 7.11 Å². The highest BCUT2D eigenvalue weighted by atomic mass is 16.5. The van der Waals surface area contributed by atoms with E-state index in [4.69, 9.17) is 14.2 Å². The van der Waals surface area contributed by atoms with Crippen LogP contribution in [0.15, 0.2) is 42.5 Å². The molecule has 8 nitrogen and oxygen atoms in total. The van der Waals surface area contributed by atoms with Gasteiger partial charge in [0.2, 0.25) is 0 Å². The average molecular weight is 399 g/mol. The van der Waals surface area contributed by atoms with Crippen molar-refractivity contribution in [3.63, 3.8) is 0 Å². The van der Waals surface area contributed by atoms with Crippen molar-refractivity contribution in [2.45, 2.75) is 0 Å². The maximum absolute atomic E-state index is 12.3. The molecule has 8 heteroatoms. The quantitative estimate of drug-likeness (QED) is 0.593. The Bertz CT molecular complexity index is 850. The Morgan fingerprint density at radius 1 is 1.03 bits per heavy atom. The Hall–Kier alpha value is -3.26. The van der Waals surface area contributed by atoms with E-state index in [1.807, 2.05) is 0 Å². The molecule has 0 aromatic heterocycles. The molecular weight excluding hydrogens is 374 g/mol. The van der Waals surface area contributed by atoms with E-state index in [9.17, 15) is 9.59 Å². The Balaban J connectivity index is 1.53. The summed E-state index contributed by atoms with van der Waals surface area (Å²) in [7, 11) is 3.07. The van der Waals surface area contributed by atoms with Crippen LogP contribution in [0.1, 0.15) is 10.4 Å². The molecule has 0 spiro atoms. The van der Waals surface area contributed by atoms with Crippen LogP contribution in [0.4, 0.5) is 5.69 Å². The molecule has 1 aliphatic rings. The average Bonchev–Trinajstić information content (AvgIpc) is 2.71. The molecule has 3 rings (SSSR count). The molecule has 0 bridgehead atoms. The minimum Gasteiger partial charge on any atom is -0.497 e. The van der Waals surface area contributed by atoms with Gasteiger partial charge in [-0.25, -0.2) is 0 Å². The van der Waals surface area contributed by atoms with Gasteiger partial charge in [-0.05, 0) is 42.5 Å². The third-order valence-electron chi connectivity index (χ3n) is 4.58. The van der Waals surface area contributed by atoms with Crippen molar-refractivity contribution in [1.82, 2.24) is 10.6 Å². The molecule has 2 amide bonds. The summed E-state index contributed by atoms with van der Waals surface area (Å²) >= 11 is 0. The standard InChI is InChI=1S/C21H25N3O5/c1-27-17-6-4-16(5-7-17)24-20(25)13-29-18-8-3-15(9-19(18)28-2)21(26)23-12-14-10-22-11-14/h3-9,14,22H,10-13H2,1-2H3,(H,23,26)(H,24,25). The van der Waals surface area contributed by atoms with Crippen molar-refractivity contribution in [3.05, 3.63) is 48.0 Å². The lowest BCUT2D eigenvalue weighted by Gasteiger charge is -2.27. The summed E-state index contributed by atoms with van der Waals surface area (Å²) in [6, 6.07) is 11.9. The SMILES string of the molecule is COc1ccc(NC(=O)COc2ccc(C(=O)NCC3CNC3)cc2OC)cc1. The van der Waals surface area contributed by atoms with Crippen molar-refractivity contribution in [2.75, 3.05) is 45.8 Å². The number of nitrogens with one attached hydrogen (secondary N) is 3. The highest BCUT2D eigenvalue weighted by molar-refractivity contribution is 5.95. The van der Waals surface area contributed by atoms with Crippen LogP contribution in [-0.4, -0.2) is 52.3 Å². The number of anilines is 1. The molecule has 2 aromatic carbocycles. The summed E-state index contributed by atoms with van der Waals surface area (Å²) in [6.07, 6.45) is 0. The first-order valence-corrected chi connectivity index (χ1v) is 9.32. The number of carbonyl (C=O) groups is 2. The van der Waals surface area contributed by atoms with Crippen LogP contribution in [0.3, 0.4) is 0 Å². The van der Waals surface area contributed by atoms with E-state index in [0.717, 1.165) is 13.1 Å². The second kappa shape index (κ2) is 9.79. The second-order valence-corrected chi connectivity index (χ2v) is 6.67. The minimum absolute atomic E-state index is 0.168. The fourth-order valence-electron chi connectivity index (χ4n) is 2.77. The molecule has 1 fully saturated rings. The number of methoxy groups -OCH3 is 2. The number of carbonyl (C=O) groups excluding carboxylic acids is 2. The molecule has 2 aromatic rings. The Kier molecular flexibility index (Phi) is 6.91. The van der Waals surface area contributed by atoms with Crippen LogP contribution < -0.4 is 30.2 Å². The Morgan fingerprint density at radius 3 is 2.41 bits per heavy atom. The van der Waals surface area contributed by atoms with E-state index < -0.39 is 0 Å². The number of ether oxygens (including phenoxy) is 3. The lowest BCUT2D eigenvalue weighted by Crippen LogP contribution is -2.48. The molecule has 3 N–H and O–H groups in total. The predicted molar refractivity (Wildman–Crippen MR) is 109 cm³/mol. The topological polar surface area (TPSA) is 97.9 Å². The van der Waals surface area contributed by atoms with E-state index in [0.29, 0.717) is 41.0 Å². The van der Waals surface area contributed by atoms with Crippen LogP contribution in [0, 0.1) is 5.92 Å². The normalized spacial score (nSPS) is 13.2. The van der Waals surface area contributed by atoms with E-state index in [-0.39, 0.29) is 18.4 Å². The third kappa shape index (κ3) is 5.61. The molecule has 0 atom stereocenters. The van der Waals surface area contributed by atoms with Gasteiger partial charge in [-0.3, -0.25) is 9.59 Å². The zero-order valence-electron chi connectivity index (χ0n) is 16.5. The molecule has 0 aliphatic carbocycles. The fourth-order valence-corrected chi connectivity index (χ4v) is 2.77. The van der Waals surface area contributed by atoms with Gasteiger partial charge in [-0.15, -0.1) is 0 Å². The van der Waals surface area contributed by atoms with E-state index in [2.05, 4.69) is 16.0 Å². The first-order valence-electron chi connectivity index (χ1n) is 9.32. The number of hydrogen-bond donors (Lipinski definition) is 3. The van der Waals surface area contributed by atoms with Crippen molar-refractivity contribution < 1.29 is 23.8 Å². The maximum Gasteiger partial charge on any atom is 0.262 e. The summed E-state index contributed by atoms with van der Waals surface area (Å²) in [5, 5.41) is 8.82. The summed E-state index contributed by atoms with van der Waals surface area (Å²) in [4.78, 5) is 24.4. The van der Waals surface area contributed by atoms with Crippen molar-refractivity contribution in [2.24, 2.45) is 5.92 Å². The molecule has 0 saturated carbocycles. The zero-order chi connectivity index (χ0) is 20.6. The van der Waals surface area contributed by atoms with Crippen LogP contribution in [-0.2, 0) is 4.79 Å². The van der Waals surface area contributed by atoms with Gasteiger partial charge in [0, 0.05) is 36.8 Å². The molecule has 0 unspecified atom stereocenters. The summed E-state index contributed by atoms with van der Waals surface area (Å²) in [5.41, 5.74) is 1.12. The van der Waals surface area contributed by atoms with Crippen LogP contribution in [0.2, 0.25) is 0 Å². The predicted octanol–water partition coefficient (Wildman–Crippen LogP) is 1.67. The lowest BCUT2D eigenvalue weighted by molar-refractivity contribution is -0.118. The van der Waals surface area contributed by atoms with E-state index in [1.54, 1.807) is 49.6 Å². The minimum atomic E-state index is -0.312. The van der Waals surface area contributed by atoms with Gasteiger partial charge in [-0.1, -0.05) is 0 Å². The first kappa shape index (κ1) is 20.5. The summed E-state index contributed by atoms with van der Waals surface area (Å²) in [6.45, 7) is 2.30. The Labute approximate surface area is 169 Å². The number of benzene rings is 2. The molecule has 1 heterocycles. The van der Waals surface area contributed by atoms with Crippen molar-refractivity contribution in [1.29, 1.82) is 0 Å². The maximum atomic E-state index is 12.3. The molecule has 154 valence electrons. The smallest absolute Gasteiger partial charge is 0.262 e. The van der Waals surface area contributed by atoms with Gasteiger partial charge in [0.15, 0.2) is 18.1 Å². The van der Waals surface area contributed by atoms with Crippen LogP contribution in [0.25, 0.3) is 0 Å². The largest absolute Gasteiger partial charge is 0.497 e. The van der Waals surface area contributed by atoms with Crippen LogP contribution >= 0.6 is 0 Å². The Morgan fingerprint density at radius 2 is 1.79 bits per heavy atom.